The number of halogens is 2. The molecule has 2 aliphatic carbocycles. The number of rotatable bonds is 3. The van der Waals surface area contributed by atoms with Gasteiger partial charge in [-0.25, -0.2) is 0 Å². The van der Waals surface area contributed by atoms with Gasteiger partial charge < -0.3 is 0 Å². The van der Waals surface area contributed by atoms with E-state index < -0.39 is 18.3 Å². The summed E-state index contributed by atoms with van der Waals surface area (Å²) in [4.78, 5) is 0. The van der Waals surface area contributed by atoms with E-state index in [0.29, 0.717) is 7.25 Å². The third-order valence-electron chi connectivity index (χ3n) is 7.21. The number of hydrogen-bond donors (Lipinski definition) is 0. The van der Waals surface area contributed by atoms with Gasteiger partial charge in [-0.05, 0) is 0 Å². The second-order valence-corrected chi connectivity index (χ2v) is 24.3. The van der Waals surface area contributed by atoms with Crippen LogP contribution in [0, 0.1) is 0 Å². The molecule has 0 heterocycles. The van der Waals surface area contributed by atoms with Gasteiger partial charge in [-0.2, -0.15) is 0 Å². The molecule has 0 spiro atoms. The van der Waals surface area contributed by atoms with Crippen molar-refractivity contribution in [1.29, 1.82) is 0 Å². The van der Waals surface area contributed by atoms with Crippen LogP contribution in [0.4, 0.5) is 0 Å². The van der Waals surface area contributed by atoms with Crippen LogP contribution in [0.2, 0.25) is 4.63 Å². The Labute approximate surface area is 193 Å². The zero-order valence-electron chi connectivity index (χ0n) is 17.4. The standard InChI is InChI=1S/C10H9.C9H7.C6H5.CH3.CH2.2ClH.Zr/c1-8-6-9-4-2-3-5-10(9)7-8;1-2-5-9-7-3-6-8(9)4-1;1-2-4-6-5-3-1;;;;;/h2-7H,1H3;1-7H;1-5H;1H3;1H2;2*1H;. The average Bonchev–Trinajstić information content (AvgIpc) is 3.30. The first kappa shape index (κ1) is 23.1. The predicted octanol–water partition coefficient (Wildman–Crippen LogP) is 7.25. The van der Waals surface area contributed by atoms with Crippen molar-refractivity contribution in [1.82, 2.24) is 0 Å². The zero-order valence-corrected chi connectivity index (χ0v) is 21.5. The first-order valence-electron chi connectivity index (χ1n) is 10.1. The van der Waals surface area contributed by atoms with E-state index in [-0.39, 0.29) is 24.8 Å². The van der Waals surface area contributed by atoms with Crippen molar-refractivity contribution in [3.63, 3.8) is 0 Å². The van der Waals surface area contributed by atoms with Crippen molar-refractivity contribution >= 4 is 44.4 Å². The minimum absolute atomic E-state index is 0. The van der Waals surface area contributed by atoms with Gasteiger partial charge in [-0.3, -0.25) is 0 Å². The summed E-state index contributed by atoms with van der Waals surface area (Å²) in [6.07, 6.45) is 7.19. The van der Waals surface area contributed by atoms with Crippen LogP contribution in [0.25, 0.3) is 12.2 Å². The van der Waals surface area contributed by atoms with Crippen LogP contribution in [-0.2, 0) is 18.3 Å². The molecular formula is C27H28Cl2Zr. The first-order valence-corrected chi connectivity index (χ1v) is 18.4. The molecule has 0 aromatic heterocycles. The van der Waals surface area contributed by atoms with Gasteiger partial charge in [-0.1, -0.05) is 0 Å². The maximum atomic E-state index is 5.30. The molecule has 154 valence electrons. The van der Waals surface area contributed by atoms with Gasteiger partial charge in [0.25, 0.3) is 0 Å². The molecule has 2 atom stereocenters. The molecule has 0 aliphatic heterocycles. The van der Waals surface area contributed by atoms with Gasteiger partial charge in [0, 0.05) is 0 Å². The van der Waals surface area contributed by atoms with Crippen molar-refractivity contribution in [2.24, 2.45) is 0 Å². The van der Waals surface area contributed by atoms with E-state index >= 15 is 0 Å². The molecule has 0 N–H and O–H groups in total. The fourth-order valence-corrected chi connectivity index (χ4v) is 21.8. The molecule has 0 amide bonds. The van der Waals surface area contributed by atoms with Gasteiger partial charge >= 0.3 is 170 Å². The van der Waals surface area contributed by atoms with Gasteiger partial charge in [-0.15, -0.1) is 24.8 Å². The zero-order chi connectivity index (χ0) is 19.4. The molecule has 0 fully saturated rings. The Hall–Kier alpha value is -1.53. The number of hydrogen-bond acceptors (Lipinski definition) is 0. The predicted molar refractivity (Wildman–Crippen MR) is 135 cm³/mol. The van der Waals surface area contributed by atoms with Crippen molar-refractivity contribution in [2.45, 2.75) is 18.8 Å². The molecular weight excluding hydrogens is 486 g/mol. The van der Waals surface area contributed by atoms with E-state index in [9.17, 15) is 0 Å². The van der Waals surface area contributed by atoms with Crippen molar-refractivity contribution in [3.05, 3.63) is 113 Å². The first-order chi connectivity index (χ1) is 13.5. The summed E-state index contributed by atoms with van der Waals surface area (Å²) < 4.78 is 10.2. The van der Waals surface area contributed by atoms with Gasteiger partial charge in [0.2, 0.25) is 0 Å². The maximum absolute atomic E-state index is 5.30. The Bertz CT molecular complexity index is 1210. The Morgan fingerprint density at radius 2 is 1.30 bits per heavy atom. The summed E-state index contributed by atoms with van der Waals surface area (Å²) in [5.74, 6) is 0. The number of fused-ring (bicyclic) bond motifs is 2. The molecule has 0 bridgehead atoms. The molecule has 2 unspecified atom stereocenters. The quantitative estimate of drug-likeness (QED) is 0.345. The molecule has 0 saturated heterocycles. The van der Waals surface area contributed by atoms with Crippen LogP contribution < -0.4 is 3.27 Å². The SMILES string of the molecule is Cl.Cl.[CH2]=[Zr]([CH3])([c]1ccccc1)([CH]1C=Cc2ccccc21)[CH]1C(C)=Cc2ccccc21. The van der Waals surface area contributed by atoms with E-state index in [1.54, 1.807) is 0 Å². The normalized spacial score (nSPS) is 19.2. The van der Waals surface area contributed by atoms with Crippen LogP contribution in [0.5, 0.6) is 0 Å². The van der Waals surface area contributed by atoms with Crippen molar-refractivity contribution in [2.75, 3.05) is 0 Å². The number of benzene rings is 3. The molecule has 3 aromatic carbocycles. The molecule has 3 heteroatoms. The number of allylic oxidation sites excluding steroid dienone is 2. The monoisotopic (exact) mass is 512 g/mol. The van der Waals surface area contributed by atoms with E-state index in [1.165, 1.54) is 31.1 Å². The van der Waals surface area contributed by atoms with Gasteiger partial charge in [0.15, 0.2) is 0 Å². The molecule has 0 nitrogen and oxygen atoms in total. The molecule has 3 aromatic rings. The van der Waals surface area contributed by atoms with E-state index in [2.05, 4.69) is 109 Å². The summed E-state index contributed by atoms with van der Waals surface area (Å²) in [5.41, 5.74) is 7.16. The Kier molecular flexibility index (Phi) is 6.32. The van der Waals surface area contributed by atoms with E-state index in [0.717, 1.165) is 0 Å². The van der Waals surface area contributed by atoms with E-state index in [4.69, 9.17) is 4.21 Å². The van der Waals surface area contributed by atoms with Crippen LogP contribution in [0.1, 0.15) is 36.4 Å². The second kappa shape index (κ2) is 8.19. The van der Waals surface area contributed by atoms with Gasteiger partial charge in [0.05, 0.1) is 0 Å². The fourth-order valence-electron chi connectivity index (χ4n) is 5.94. The Morgan fingerprint density at radius 3 is 2.00 bits per heavy atom. The van der Waals surface area contributed by atoms with Crippen LogP contribution >= 0.6 is 24.8 Å². The molecule has 0 saturated carbocycles. The fraction of sp³-hybridized carbons (Fsp3) is 0.148. The Morgan fingerprint density at radius 1 is 0.733 bits per heavy atom. The third kappa shape index (κ3) is 3.18. The summed E-state index contributed by atoms with van der Waals surface area (Å²) in [5, 5.41) is 0. The summed E-state index contributed by atoms with van der Waals surface area (Å²) in [6.45, 7) is 2.32. The minimum atomic E-state index is -3.93. The van der Waals surface area contributed by atoms with Crippen LogP contribution in [0.15, 0.2) is 90.5 Å². The van der Waals surface area contributed by atoms with Crippen molar-refractivity contribution < 1.29 is 18.3 Å². The van der Waals surface area contributed by atoms with Crippen molar-refractivity contribution in [3.8, 4) is 0 Å². The topological polar surface area (TPSA) is 0 Å². The third-order valence-corrected chi connectivity index (χ3v) is 23.4. The van der Waals surface area contributed by atoms with Crippen LogP contribution in [0.3, 0.4) is 0 Å². The summed E-state index contributed by atoms with van der Waals surface area (Å²) in [7, 11) is 0. The molecule has 30 heavy (non-hydrogen) atoms. The Balaban J connectivity index is 0.00000128. The molecule has 5 rings (SSSR count). The summed E-state index contributed by atoms with van der Waals surface area (Å²) in [6, 6.07) is 29.1. The molecule has 0 radical (unpaired) electrons. The average molecular weight is 515 g/mol. The molecule has 2 aliphatic rings. The second-order valence-electron chi connectivity index (χ2n) is 9.00. The van der Waals surface area contributed by atoms with E-state index in [1.807, 2.05) is 0 Å². The van der Waals surface area contributed by atoms with Crippen LogP contribution in [-0.4, -0.2) is 4.21 Å². The van der Waals surface area contributed by atoms with Gasteiger partial charge in [0.1, 0.15) is 0 Å². The summed E-state index contributed by atoms with van der Waals surface area (Å²) >= 11 is -3.93.